The lowest BCUT2D eigenvalue weighted by Gasteiger charge is -2.19. The SMILES string of the molecule is CCN(Cc1cccc(NN)n1)CC1CC1. The van der Waals surface area contributed by atoms with Crippen molar-refractivity contribution >= 4 is 5.82 Å². The minimum atomic E-state index is 0.736. The van der Waals surface area contributed by atoms with Crippen LogP contribution in [0.1, 0.15) is 25.5 Å². The summed E-state index contributed by atoms with van der Waals surface area (Å²) in [5, 5.41) is 0. The van der Waals surface area contributed by atoms with E-state index in [1.807, 2.05) is 12.1 Å². The highest BCUT2D eigenvalue weighted by Crippen LogP contribution is 2.29. The molecule has 1 aromatic rings. The molecule has 88 valence electrons. The molecule has 4 nitrogen and oxygen atoms in total. The lowest BCUT2D eigenvalue weighted by molar-refractivity contribution is 0.265. The van der Waals surface area contributed by atoms with E-state index in [9.17, 15) is 0 Å². The molecule has 1 heterocycles. The number of hydrogen-bond donors (Lipinski definition) is 2. The van der Waals surface area contributed by atoms with Crippen molar-refractivity contribution in [2.45, 2.75) is 26.3 Å². The Bertz CT molecular complexity index is 336. The molecule has 2 rings (SSSR count). The van der Waals surface area contributed by atoms with E-state index in [1.54, 1.807) is 0 Å². The molecule has 3 N–H and O–H groups in total. The van der Waals surface area contributed by atoms with Crippen LogP contribution in [0.2, 0.25) is 0 Å². The van der Waals surface area contributed by atoms with E-state index in [4.69, 9.17) is 5.84 Å². The van der Waals surface area contributed by atoms with Crippen LogP contribution in [0.15, 0.2) is 18.2 Å². The Kier molecular flexibility index (Phi) is 3.74. The summed E-state index contributed by atoms with van der Waals surface area (Å²) in [7, 11) is 0. The molecule has 0 aromatic carbocycles. The molecule has 0 radical (unpaired) electrons. The number of pyridine rings is 1. The van der Waals surface area contributed by atoms with E-state index >= 15 is 0 Å². The average Bonchev–Trinajstić information content (AvgIpc) is 3.12. The maximum Gasteiger partial charge on any atom is 0.140 e. The third-order valence-corrected chi connectivity index (χ3v) is 3.00. The quantitative estimate of drug-likeness (QED) is 0.565. The summed E-state index contributed by atoms with van der Waals surface area (Å²) in [5.41, 5.74) is 3.66. The maximum absolute atomic E-state index is 5.35. The first-order valence-corrected chi connectivity index (χ1v) is 5.96. The van der Waals surface area contributed by atoms with Crippen molar-refractivity contribution in [3.8, 4) is 0 Å². The molecule has 0 unspecified atom stereocenters. The number of nitrogens with one attached hydrogen (secondary N) is 1. The zero-order valence-electron chi connectivity index (χ0n) is 9.82. The van der Waals surface area contributed by atoms with Gasteiger partial charge in [0.2, 0.25) is 0 Å². The van der Waals surface area contributed by atoms with Crippen molar-refractivity contribution < 1.29 is 0 Å². The van der Waals surface area contributed by atoms with Gasteiger partial charge in [0.05, 0.1) is 5.69 Å². The summed E-state index contributed by atoms with van der Waals surface area (Å²) >= 11 is 0. The first-order chi connectivity index (χ1) is 7.81. The fraction of sp³-hybridized carbons (Fsp3) is 0.583. The largest absolute Gasteiger partial charge is 0.308 e. The second-order valence-corrected chi connectivity index (χ2v) is 4.43. The molecule has 0 spiro atoms. The predicted molar refractivity (Wildman–Crippen MR) is 65.7 cm³/mol. The third kappa shape index (κ3) is 3.18. The van der Waals surface area contributed by atoms with Crippen LogP contribution in [0.4, 0.5) is 5.82 Å². The van der Waals surface area contributed by atoms with Gasteiger partial charge < -0.3 is 5.43 Å². The van der Waals surface area contributed by atoms with Crippen molar-refractivity contribution in [1.82, 2.24) is 9.88 Å². The molecule has 1 aliphatic rings. The first kappa shape index (κ1) is 11.4. The zero-order valence-corrected chi connectivity index (χ0v) is 9.82. The van der Waals surface area contributed by atoms with Crippen molar-refractivity contribution in [1.29, 1.82) is 0 Å². The highest BCUT2D eigenvalue weighted by Gasteiger charge is 2.23. The van der Waals surface area contributed by atoms with E-state index in [0.717, 1.165) is 30.5 Å². The van der Waals surface area contributed by atoms with Crippen molar-refractivity contribution in [3.05, 3.63) is 23.9 Å². The summed E-state index contributed by atoms with van der Waals surface area (Å²) in [6, 6.07) is 5.92. The molecular formula is C12H20N4. The van der Waals surface area contributed by atoms with Gasteiger partial charge in [-0.15, -0.1) is 0 Å². The lowest BCUT2D eigenvalue weighted by atomic mass is 10.3. The monoisotopic (exact) mass is 220 g/mol. The number of hydrogen-bond acceptors (Lipinski definition) is 4. The number of aromatic nitrogens is 1. The van der Waals surface area contributed by atoms with Crippen LogP contribution in [-0.2, 0) is 6.54 Å². The number of hydrazine groups is 1. The van der Waals surface area contributed by atoms with E-state index in [0.29, 0.717) is 0 Å². The maximum atomic E-state index is 5.35. The molecule has 1 saturated carbocycles. The Balaban J connectivity index is 1.94. The predicted octanol–water partition coefficient (Wildman–Crippen LogP) is 1.60. The minimum Gasteiger partial charge on any atom is -0.308 e. The van der Waals surface area contributed by atoms with Gasteiger partial charge in [-0.05, 0) is 37.4 Å². The first-order valence-electron chi connectivity index (χ1n) is 5.96. The second kappa shape index (κ2) is 5.27. The van der Waals surface area contributed by atoms with Gasteiger partial charge in [-0.3, -0.25) is 4.90 Å². The molecule has 0 amide bonds. The molecular weight excluding hydrogens is 200 g/mol. The van der Waals surface area contributed by atoms with Crippen LogP contribution in [0.25, 0.3) is 0 Å². The van der Waals surface area contributed by atoms with Crippen molar-refractivity contribution in [2.75, 3.05) is 18.5 Å². The van der Waals surface area contributed by atoms with Gasteiger partial charge in [0.25, 0.3) is 0 Å². The van der Waals surface area contributed by atoms with Gasteiger partial charge in [-0.2, -0.15) is 0 Å². The normalized spacial score (nSPS) is 15.4. The lowest BCUT2D eigenvalue weighted by Crippen LogP contribution is -2.25. The standard InChI is InChI=1S/C12H20N4/c1-2-16(8-10-6-7-10)9-11-4-3-5-12(14-11)15-13/h3-5,10H,2,6-9,13H2,1H3,(H,14,15). The van der Waals surface area contributed by atoms with Gasteiger partial charge in [0, 0.05) is 13.1 Å². The van der Waals surface area contributed by atoms with Crippen LogP contribution in [0.5, 0.6) is 0 Å². The van der Waals surface area contributed by atoms with Crippen LogP contribution in [0, 0.1) is 5.92 Å². The van der Waals surface area contributed by atoms with Crippen LogP contribution in [0.3, 0.4) is 0 Å². The van der Waals surface area contributed by atoms with E-state index in [-0.39, 0.29) is 0 Å². The average molecular weight is 220 g/mol. The number of nitrogen functional groups attached to an aromatic ring is 1. The number of nitrogens with two attached hydrogens (primary N) is 1. The molecule has 1 aliphatic carbocycles. The fourth-order valence-corrected chi connectivity index (χ4v) is 1.85. The van der Waals surface area contributed by atoms with E-state index in [2.05, 4.69) is 28.3 Å². The third-order valence-electron chi connectivity index (χ3n) is 3.00. The van der Waals surface area contributed by atoms with Crippen molar-refractivity contribution in [3.63, 3.8) is 0 Å². The van der Waals surface area contributed by atoms with Gasteiger partial charge >= 0.3 is 0 Å². The summed E-state index contributed by atoms with van der Waals surface area (Å²) in [4.78, 5) is 6.87. The van der Waals surface area contributed by atoms with Gasteiger partial charge in [-0.1, -0.05) is 13.0 Å². The highest BCUT2D eigenvalue weighted by atomic mass is 15.3. The topological polar surface area (TPSA) is 54.2 Å². The number of rotatable bonds is 6. The summed E-state index contributed by atoms with van der Waals surface area (Å²) in [6.45, 7) is 5.41. The summed E-state index contributed by atoms with van der Waals surface area (Å²) in [5.74, 6) is 7.01. The molecule has 4 heteroatoms. The van der Waals surface area contributed by atoms with Crippen molar-refractivity contribution in [2.24, 2.45) is 11.8 Å². The Labute approximate surface area is 96.8 Å². The second-order valence-electron chi connectivity index (χ2n) is 4.43. The van der Waals surface area contributed by atoms with Crippen LogP contribution < -0.4 is 11.3 Å². The summed E-state index contributed by atoms with van der Waals surface area (Å²) in [6.07, 6.45) is 2.79. The Hall–Kier alpha value is -1.13. The minimum absolute atomic E-state index is 0.736. The number of nitrogens with zero attached hydrogens (tertiary/aromatic N) is 2. The summed E-state index contributed by atoms with van der Waals surface area (Å²) < 4.78 is 0. The molecule has 0 bridgehead atoms. The van der Waals surface area contributed by atoms with Gasteiger partial charge in [0.1, 0.15) is 5.82 Å². The van der Waals surface area contributed by atoms with E-state index in [1.165, 1.54) is 19.4 Å². The Morgan fingerprint density at radius 3 is 2.94 bits per heavy atom. The van der Waals surface area contributed by atoms with Gasteiger partial charge in [0.15, 0.2) is 0 Å². The van der Waals surface area contributed by atoms with Gasteiger partial charge in [-0.25, -0.2) is 10.8 Å². The molecule has 1 fully saturated rings. The Morgan fingerprint density at radius 2 is 2.31 bits per heavy atom. The zero-order chi connectivity index (χ0) is 11.4. The van der Waals surface area contributed by atoms with E-state index < -0.39 is 0 Å². The Morgan fingerprint density at radius 1 is 1.50 bits per heavy atom. The fourth-order valence-electron chi connectivity index (χ4n) is 1.85. The molecule has 16 heavy (non-hydrogen) atoms. The highest BCUT2D eigenvalue weighted by molar-refractivity contribution is 5.33. The molecule has 0 atom stereocenters. The number of anilines is 1. The molecule has 0 saturated heterocycles. The molecule has 1 aromatic heterocycles. The van der Waals surface area contributed by atoms with Crippen LogP contribution in [-0.4, -0.2) is 23.0 Å². The smallest absolute Gasteiger partial charge is 0.140 e. The molecule has 0 aliphatic heterocycles. The van der Waals surface area contributed by atoms with Crippen LogP contribution >= 0.6 is 0 Å².